The number of fused-ring (bicyclic) bond motifs is 1. The van der Waals surface area contributed by atoms with E-state index in [1.807, 2.05) is 54.3 Å². The molecule has 5 heteroatoms. The van der Waals surface area contributed by atoms with Crippen molar-refractivity contribution in [2.75, 3.05) is 13.2 Å². The summed E-state index contributed by atoms with van der Waals surface area (Å²) in [5.74, 6) is 0.0957. The zero-order valence-electron chi connectivity index (χ0n) is 14.2. The quantitative estimate of drug-likeness (QED) is 0.800. The molecule has 0 aliphatic carbocycles. The minimum atomic E-state index is -0.0425. The first-order valence-corrected chi connectivity index (χ1v) is 8.60. The molecule has 5 nitrogen and oxygen atoms in total. The van der Waals surface area contributed by atoms with Crippen LogP contribution in [0, 0.1) is 0 Å². The van der Waals surface area contributed by atoms with Gasteiger partial charge >= 0.3 is 0 Å². The Balaban J connectivity index is 1.60. The molecule has 1 aromatic heterocycles. The second kappa shape index (κ2) is 6.69. The Morgan fingerprint density at radius 1 is 1.20 bits per heavy atom. The SMILES string of the molecule is C[C@H]1CN(C(=O)Cc2[nH]nc3ccccc23)[C@H](c2ccccc2)CO1. The van der Waals surface area contributed by atoms with Crippen LogP contribution in [0.1, 0.15) is 24.2 Å². The topological polar surface area (TPSA) is 58.2 Å². The van der Waals surface area contributed by atoms with Gasteiger partial charge in [0.1, 0.15) is 0 Å². The number of ether oxygens (including phenoxy) is 1. The lowest BCUT2D eigenvalue weighted by atomic mass is 10.0. The second-order valence-electron chi connectivity index (χ2n) is 6.51. The van der Waals surface area contributed by atoms with Crippen LogP contribution in [-0.2, 0) is 16.0 Å². The molecule has 0 unspecified atom stereocenters. The van der Waals surface area contributed by atoms with Gasteiger partial charge in [0.2, 0.25) is 5.91 Å². The summed E-state index contributed by atoms with van der Waals surface area (Å²) in [4.78, 5) is 15.0. The highest BCUT2D eigenvalue weighted by Gasteiger charge is 2.31. The number of hydrogen-bond acceptors (Lipinski definition) is 3. The Morgan fingerprint density at radius 2 is 1.96 bits per heavy atom. The molecule has 1 saturated heterocycles. The minimum Gasteiger partial charge on any atom is -0.374 e. The van der Waals surface area contributed by atoms with E-state index in [9.17, 15) is 4.79 Å². The average molecular weight is 335 g/mol. The summed E-state index contributed by atoms with van der Waals surface area (Å²) < 4.78 is 5.82. The molecular formula is C20H21N3O2. The molecule has 0 spiro atoms. The molecule has 2 aromatic carbocycles. The van der Waals surface area contributed by atoms with E-state index in [0.717, 1.165) is 22.2 Å². The number of para-hydroxylation sites is 1. The van der Waals surface area contributed by atoms with Gasteiger partial charge in [-0.05, 0) is 18.6 Å². The molecule has 2 heterocycles. The van der Waals surface area contributed by atoms with E-state index in [0.29, 0.717) is 19.6 Å². The molecule has 1 fully saturated rings. The van der Waals surface area contributed by atoms with Crippen molar-refractivity contribution in [1.29, 1.82) is 0 Å². The van der Waals surface area contributed by atoms with E-state index in [1.54, 1.807) is 0 Å². The maximum atomic E-state index is 13.1. The summed E-state index contributed by atoms with van der Waals surface area (Å²) in [5, 5.41) is 8.32. The van der Waals surface area contributed by atoms with Gasteiger partial charge < -0.3 is 9.64 Å². The number of nitrogens with zero attached hydrogens (tertiary/aromatic N) is 2. The fraction of sp³-hybridized carbons (Fsp3) is 0.300. The molecule has 0 bridgehead atoms. The third kappa shape index (κ3) is 3.15. The molecular weight excluding hydrogens is 314 g/mol. The van der Waals surface area contributed by atoms with Crippen LogP contribution in [0.25, 0.3) is 10.9 Å². The van der Waals surface area contributed by atoms with Gasteiger partial charge in [-0.25, -0.2) is 0 Å². The molecule has 0 radical (unpaired) electrons. The van der Waals surface area contributed by atoms with Crippen molar-refractivity contribution >= 4 is 16.8 Å². The Bertz CT molecular complexity index is 875. The molecule has 0 saturated carbocycles. The number of carbonyl (C=O) groups is 1. The number of H-pyrrole nitrogens is 1. The minimum absolute atomic E-state index is 0.0425. The standard InChI is InChI=1S/C20H21N3O2/c1-14-12-23(19(13-25-14)15-7-3-2-4-8-15)20(24)11-18-16-9-5-6-10-17(16)21-22-18/h2-10,14,19H,11-13H2,1H3,(H,21,22)/t14-,19-/m0/s1. The lowest BCUT2D eigenvalue weighted by molar-refractivity contribution is -0.144. The molecule has 1 N–H and O–H groups in total. The first-order chi connectivity index (χ1) is 12.2. The number of amides is 1. The van der Waals surface area contributed by atoms with E-state index >= 15 is 0 Å². The number of benzene rings is 2. The molecule has 1 aliphatic rings. The molecule has 1 aliphatic heterocycles. The number of aromatic nitrogens is 2. The van der Waals surface area contributed by atoms with E-state index in [1.165, 1.54) is 0 Å². The number of aromatic amines is 1. The van der Waals surface area contributed by atoms with Gasteiger partial charge in [-0.1, -0.05) is 48.5 Å². The summed E-state index contributed by atoms with van der Waals surface area (Å²) in [7, 11) is 0. The molecule has 2 atom stereocenters. The summed E-state index contributed by atoms with van der Waals surface area (Å²) >= 11 is 0. The molecule has 128 valence electrons. The fourth-order valence-corrected chi connectivity index (χ4v) is 3.43. The van der Waals surface area contributed by atoms with Gasteiger partial charge in [0.15, 0.2) is 0 Å². The number of nitrogens with one attached hydrogen (secondary N) is 1. The third-order valence-corrected chi connectivity index (χ3v) is 4.74. The van der Waals surface area contributed by atoms with E-state index in [2.05, 4.69) is 22.3 Å². The summed E-state index contributed by atoms with van der Waals surface area (Å²) in [6, 6.07) is 17.9. The van der Waals surface area contributed by atoms with Gasteiger partial charge in [-0.2, -0.15) is 5.10 Å². The maximum absolute atomic E-state index is 13.1. The Kier molecular flexibility index (Phi) is 4.24. The fourth-order valence-electron chi connectivity index (χ4n) is 3.43. The van der Waals surface area contributed by atoms with Crippen molar-refractivity contribution in [1.82, 2.24) is 15.1 Å². The Morgan fingerprint density at radius 3 is 2.80 bits per heavy atom. The largest absolute Gasteiger partial charge is 0.374 e. The molecule has 1 amide bonds. The van der Waals surface area contributed by atoms with Crippen molar-refractivity contribution in [3.05, 3.63) is 65.9 Å². The molecule has 4 rings (SSSR count). The van der Waals surface area contributed by atoms with Crippen LogP contribution in [0.5, 0.6) is 0 Å². The van der Waals surface area contributed by atoms with Crippen molar-refractivity contribution in [2.45, 2.75) is 25.5 Å². The number of hydrogen-bond donors (Lipinski definition) is 1. The predicted molar refractivity (Wildman–Crippen MR) is 96.1 cm³/mol. The van der Waals surface area contributed by atoms with Crippen LogP contribution in [0.3, 0.4) is 0 Å². The molecule has 3 aromatic rings. The zero-order chi connectivity index (χ0) is 17.2. The number of rotatable bonds is 3. The van der Waals surface area contributed by atoms with Crippen molar-refractivity contribution in [3.63, 3.8) is 0 Å². The van der Waals surface area contributed by atoms with Crippen LogP contribution in [0.15, 0.2) is 54.6 Å². The first kappa shape index (κ1) is 15.8. The normalized spacial score (nSPS) is 20.8. The van der Waals surface area contributed by atoms with E-state index in [4.69, 9.17) is 4.74 Å². The number of morpholine rings is 1. The smallest absolute Gasteiger partial charge is 0.229 e. The van der Waals surface area contributed by atoms with Crippen LogP contribution < -0.4 is 0 Å². The summed E-state index contributed by atoms with van der Waals surface area (Å²) in [6.07, 6.45) is 0.360. The zero-order valence-corrected chi connectivity index (χ0v) is 14.2. The van der Waals surface area contributed by atoms with E-state index < -0.39 is 0 Å². The van der Waals surface area contributed by atoms with Gasteiger partial charge in [0, 0.05) is 11.9 Å². The number of carbonyl (C=O) groups excluding carboxylic acids is 1. The molecule has 25 heavy (non-hydrogen) atoms. The summed E-state index contributed by atoms with van der Waals surface area (Å²) in [5.41, 5.74) is 2.86. The highest BCUT2D eigenvalue weighted by Crippen LogP contribution is 2.27. The maximum Gasteiger partial charge on any atom is 0.229 e. The van der Waals surface area contributed by atoms with Crippen LogP contribution in [0.4, 0.5) is 0 Å². The third-order valence-electron chi connectivity index (χ3n) is 4.74. The average Bonchev–Trinajstić information content (AvgIpc) is 3.05. The van der Waals surface area contributed by atoms with Gasteiger partial charge in [-0.15, -0.1) is 0 Å². The predicted octanol–water partition coefficient (Wildman–Crippen LogP) is 3.09. The van der Waals surface area contributed by atoms with Crippen molar-refractivity contribution in [3.8, 4) is 0 Å². The van der Waals surface area contributed by atoms with Gasteiger partial charge in [-0.3, -0.25) is 9.89 Å². The Labute approximate surface area is 146 Å². The van der Waals surface area contributed by atoms with E-state index in [-0.39, 0.29) is 18.1 Å². The van der Waals surface area contributed by atoms with Crippen molar-refractivity contribution < 1.29 is 9.53 Å². The highest BCUT2D eigenvalue weighted by molar-refractivity contribution is 5.87. The van der Waals surface area contributed by atoms with Crippen LogP contribution in [0.2, 0.25) is 0 Å². The lowest BCUT2D eigenvalue weighted by Crippen LogP contribution is -2.47. The van der Waals surface area contributed by atoms with Gasteiger partial charge in [0.25, 0.3) is 0 Å². The lowest BCUT2D eigenvalue weighted by Gasteiger charge is -2.39. The van der Waals surface area contributed by atoms with Crippen molar-refractivity contribution in [2.24, 2.45) is 0 Å². The van der Waals surface area contributed by atoms with Crippen LogP contribution >= 0.6 is 0 Å². The monoisotopic (exact) mass is 335 g/mol. The first-order valence-electron chi connectivity index (χ1n) is 8.60. The van der Waals surface area contributed by atoms with Gasteiger partial charge in [0.05, 0.1) is 36.4 Å². The second-order valence-corrected chi connectivity index (χ2v) is 6.51. The van der Waals surface area contributed by atoms with Crippen LogP contribution in [-0.4, -0.2) is 40.3 Å². The summed E-state index contributed by atoms with van der Waals surface area (Å²) in [6.45, 7) is 3.14. The highest BCUT2D eigenvalue weighted by atomic mass is 16.5. The Hall–Kier alpha value is -2.66.